The lowest BCUT2D eigenvalue weighted by Gasteiger charge is -2.33. The predicted molar refractivity (Wildman–Crippen MR) is 78.3 cm³/mol. The molecule has 2 rings (SSSR count). The molecule has 0 amide bonds. The number of anilines is 1. The molecule has 3 N–H and O–H groups in total. The fourth-order valence-electron chi connectivity index (χ4n) is 2.12. The number of nitrogens with two attached hydrogens (primary N) is 1. The minimum atomic E-state index is -0.391. The fourth-order valence-corrected chi connectivity index (χ4v) is 2.12. The zero-order valence-corrected chi connectivity index (χ0v) is 12.2. The Labute approximate surface area is 119 Å². The van der Waals surface area contributed by atoms with Gasteiger partial charge in [0.05, 0.1) is 13.2 Å². The second-order valence-corrected chi connectivity index (χ2v) is 5.99. The maximum absolute atomic E-state index is 8.72. The number of ether oxygens (including phenoxy) is 1. The Morgan fingerprint density at radius 1 is 1.50 bits per heavy atom. The number of oxime groups is 1. The maximum Gasteiger partial charge on any atom is 0.170 e. The Balaban J connectivity index is 2.11. The molecule has 1 aromatic heterocycles. The van der Waals surface area contributed by atoms with Crippen LogP contribution in [0, 0.1) is 0 Å². The lowest BCUT2D eigenvalue weighted by molar-refractivity contribution is 0.0804. The van der Waals surface area contributed by atoms with Gasteiger partial charge in [0, 0.05) is 12.7 Å². The molecule has 0 spiro atoms. The molecule has 6 heteroatoms. The van der Waals surface area contributed by atoms with Gasteiger partial charge in [-0.1, -0.05) is 32.0 Å². The van der Waals surface area contributed by atoms with Crippen molar-refractivity contribution in [2.45, 2.75) is 32.3 Å². The third kappa shape index (κ3) is 3.19. The van der Waals surface area contributed by atoms with Gasteiger partial charge in [-0.05, 0) is 17.0 Å². The first-order valence-electron chi connectivity index (χ1n) is 6.72. The Morgan fingerprint density at radius 3 is 2.80 bits per heavy atom. The van der Waals surface area contributed by atoms with Gasteiger partial charge in [-0.25, -0.2) is 4.98 Å². The van der Waals surface area contributed by atoms with Gasteiger partial charge in [0.15, 0.2) is 5.84 Å². The van der Waals surface area contributed by atoms with Crippen molar-refractivity contribution in [1.29, 1.82) is 0 Å². The molecule has 1 aliphatic heterocycles. The van der Waals surface area contributed by atoms with Crippen LogP contribution in [-0.4, -0.2) is 41.8 Å². The molecule has 0 aromatic carbocycles. The minimum Gasteiger partial charge on any atom is -0.409 e. The zero-order chi connectivity index (χ0) is 14.8. The highest BCUT2D eigenvalue weighted by atomic mass is 16.5. The number of nitrogens with zero attached hydrogens (tertiary/aromatic N) is 3. The van der Waals surface area contributed by atoms with Crippen molar-refractivity contribution in [2.75, 3.05) is 24.6 Å². The fraction of sp³-hybridized carbons (Fsp3) is 0.571. The molecule has 6 nitrogen and oxygen atoms in total. The van der Waals surface area contributed by atoms with E-state index in [2.05, 4.69) is 41.9 Å². The number of aromatic nitrogens is 1. The molecule has 1 saturated heterocycles. The number of hydrogen-bond acceptors (Lipinski definition) is 5. The predicted octanol–water partition coefficient (Wildman–Crippen LogP) is 1.33. The van der Waals surface area contributed by atoms with Crippen LogP contribution in [0.25, 0.3) is 0 Å². The topological polar surface area (TPSA) is 84.0 Å². The molecule has 20 heavy (non-hydrogen) atoms. The van der Waals surface area contributed by atoms with Gasteiger partial charge in [0.2, 0.25) is 0 Å². The second kappa shape index (κ2) is 5.66. The van der Waals surface area contributed by atoms with Crippen LogP contribution in [0.2, 0.25) is 0 Å². The van der Waals surface area contributed by atoms with Crippen molar-refractivity contribution in [1.82, 2.24) is 4.98 Å². The first-order chi connectivity index (χ1) is 9.41. The zero-order valence-electron chi connectivity index (χ0n) is 12.2. The number of rotatable bonds is 2. The van der Waals surface area contributed by atoms with Gasteiger partial charge >= 0.3 is 0 Å². The minimum absolute atomic E-state index is 0.0903. The maximum atomic E-state index is 8.72. The van der Waals surface area contributed by atoms with Crippen LogP contribution in [0.4, 0.5) is 5.82 Å². The van der Waals surface area contributed by atoms with Gasteiger partial charge in [-0.2, -0.15) is 0 Å². The van der Waals surface area contributed by atoms with Crippen molar-refractivity contribution in [3.8, 4) is 0 Å². The summed E-state index contributed by atoms with van der Waals surface area (Å²) in [5, 5.41) is 11.7. The lowest BCUT2D eigenvalue weighted by atomic mass is 9.88. The molecule has 1 fully saturated rings. The molecule has 0 radical (unpaired) electrons. The Kier molecular flexibility index (Phi) is 4.13. The van der Waals surface area contributed by atoms with Crippen LogP contribution in [0.1, 0.15) is 26.3 Å². The van der Waals surface area contributed by atoms with Gasteiger partial charge in [0.25, 0.3) is 0 Å². The average molecular weight is 278 g/mol. The number of pyridine rings is 1. The van der Waals surface area contributed by atoms with Crippen LogP contribution < -0.4 is 10.6 Å². The summed E-state index contributed by atoms with van der Waals surface area (Å²) in [5.41, 5.74) is 6.88. The monoisotopic (exact) mass is 278 g/mol. The van der Waals surface area contributed by atoms with Crippen molar-refractivity contribution in [2.24, 2.45) is 10.9 Å². The first-order valence-corrected chi connectivity index (χ1v) is 6.72. The summed E-state index contributed by atoms with van der Waals surface area (Å²) in [6.07, 6.45) is 1.52. The van der Waals surface area contributed by atoms with E-state index in [-0.39, 0.29) is 11.3 Å². The van der Waals surface area contributed by atoms with Crippen LogP contribution >= 0.6 is 0 Å². The molecule has 2 heterocycles. The average Bonchev–Trinajstić information content (AvgIpc) is 2.46. The third-order valence-corrected chi connectivity index (χ3v) is 3.45. The molecule has 1 aliphatic rings. The van der Waals surface area contributed by atoms with E-state index in [9.17, 15) is 0 Å². The molecular weight excluding hydrogens is 256 g/mol. The molecule has 110 valence electrons. The first kappa shape index (κ1) is 14.6. The highest BCUT2D eigenvalue weighted by Crippen LogP contribution is 2.23. The van der Waals surface area contributed by atoms with Gasteiger partial charge in [0.1, 0.15) is 11.9 Å². The van der Waals surface area contributed by atoms with Crippen molar-refractivity contribution in [3.63, 3.8) is 0 Å². The smallest absolute Gasteiger partial charge is 0.170 e. The molecule has 0 aliphatic carbocycles. The van der Waals surface area contributed by atoms with Gasteiger partial charge in [-0.15, -0.1) is 0 Å². The third-order valence-electron chi connectivity index (χ3n) is 3.45. The summed E-state index contributed by atoms with van der Waals surface area (Å²) in [7, 11) is 0. The summed E-state index contributed by atoms with van der Waals surface area (Å²) >= 11 is 0. The largest absolute Gasteiger partial charge is 0.409 e. The SMILES string of the molecule is CC(C)(C)c1ccc(N2CCOC(/C(N)=N/O)C2)nc1. The molecular formula is C14H22N4O2. The van der Waals surface area contributed by atoms with Crippen LogP contribution in [0.15, 0.2) is 23.5 Å². The van der Waals surface area contributed by atoms with E-state index in [1.165, 1.54) is 5.56 Å². The number of amidine groups is 1. The Morgan fingerprint density at radius 2 is 2.25 bits per heavy atom. The summed E-state index contributed by atoms with van der Waals surface area (Å²) in [6, 6.07) is 4.10. The van der Waals surface area contributed by atoms with E-state index in [1.807, 2.05) is 12.3 Å². The van der Waals surface area contributed by atoms with E-state index >= 15 is 0 Å². The van der Waals surface area contributed by atoms with E-state index in [4.69, 9.17) is 15.7 Å². The van der Waals surface area contributed by atoms with Crippen LogP contribution in [0.5, 0.6) is 0 Å². The second-order valence-electron chi connectivity index (χ2n) is 5.99. The molecule has 1 unspecified atom stereocenters. The van der Waals surface area contributed by atoms with Crippen LogP contribution in [-0.2, 0) is 10.2 Å². The number of morpholine rings is 1. The van der Waals surface area contributed by atoms with Crippen molar-refractivity contribution >= 4 is 11.7 Å². The summed E-state index contributed by atoms with van der Waals surface area (Å²) in [6.45, 7) is 8.30. The highest BCUT2D eigenvalue weighted by molar-refractivity contribution is 5.85. The normalized spacial score (nSPS) is 21.1. The van der Waals surface area contributed by atoms with Crippen LogP contribution in [0.3, 0.4) is 0 Å². The number of hydrogen-bond donors (Lipinski definition) is 2. The van der Waals surface area contributed by atoms with Gasteiger partial charge in [-0.3, -0.25) is 0 Å². The lowest BCUT2D eigenvalue weighted by Crippen LogP contribution is -2.48. The molecule has 1 atom stereocenters. The molecule has 0 bridgehead atoms. The molecule has 0 saturated carbocycles. The van der Waals surface area contributed by atoms with Crippen molar-refractivity contribution in [3.05, 3.63) is 23.9 Å². The highest BCUT2D eigenvalue weighted by Gasteiger charge is 2.25. The van der Waals surface area contributed by atoms with E-state index < -0.39 is 6.10 Å². The van der Waals surface area contributed by atoms with Gasteiger partial charge < -0.3 is 20.6 Å². The Hall–Kier alpha value is -1.82. The summed E-state index contributed by atoms with van der Waals surface area (Å²) < 4.78 is 5.48. The van der Waals surface area contributed by atoms with E-state index in [1.54, 1.807) is 0 Å². The quantitative estimate of drug-likeness (QED) is 0.369. The van der Waals surface area contributed by atoms with E-state index in [0.717, 1.165) is 12.4 Å². The molecule has 1 aromatic rings. The summed E-state index contributed by atoms with van der Waals surface area (Å²) in [5.74, 6) is 0.984. The Bertz CT molecular complexity index is 479. The standard InChI is InChI=1S/C14H22N4O2/c1-14(2,3)10-4-5-12(16-8-10)18-6-7-20-11(9-18)13(15)17-19/h4-5,8,11,19H,6-7,9H2,1-3H3,(H2,15,17). The van der Waals surface area contributed by atoms with Crippen molar-refractivity contribution < 1.29 is 9.94 Å². The van der Waals surface area contributed by atoms with E-state index in [0.29, 0.717) is 13.2 Å². The summed E-state index contributed by atoms with van der Waals surface area (Å²) in [4.78, 5) is 6.60.